The Labute approximate surface area is 255 Å². The van der Waals surface area contributed by atoms with Crippen LogP contribution in [0.2, 0.25) is 0 Å². The summed E-state index contributed by atoms with van der Waals surface area (Å²) >= 11 is 2.03. The molecule has 2 aliphatic carbocycles. The number of rotatable bonds is 15. The first-order valence-corrected chi connectivity index (χ1v) is 15.4. The maximum Gasteiger partial charge on any atom is 0.247 e. The van der Waals surface area contributed by atoms with Crippen LogP contribution in [0.15, 0.2) is 23.8 Å². The molecule has 1 saturated carbocycles. The number of hydrogen-bond donors (Lipinski definition) is 3. The molecule has 0 radical (unpaired) electrons. The number of halogens is 1. The van der Waals surface area contributed by atoms with Crippen molar-refractivity contribution in [2.75, 3.05) is 33.4 Å². The fourth-order valence-electron chi connectivity index (χ4n) is 5.45. The van der Waals surface area contributed by atoms with Gasteiger partial charge < -0.3 is 34.6 Å². The van der Waals surface area contributed by atoms with Crippen LogP contribution in [0.3, 0.4) is 0 Å². The number of aliphatic hydroxyl groups excluding tert-OH is 2. The van der Waals surface area contributed by atoms with Gasteiger partial charge in [0.05, 0.1) is 29.4 Å². The van der Waals surface area contributed by atoms with Crippen molar-refractivity contribution in [2.45, 2.75) is 83.1 Å². The Kier molecular flexibility index (Phi) is 13.3. The molecule has 1 aromatic rings. The monoisotopic (exact) mass is 686 g/mol. The Morgan fingerprint density at radius 1 is 1.24 bits per heavy atom. The number of carbonyl (C=O) groups is 3. The van der Waals surface area contributed by atoms with Gasteiger partial charge in [0.2, 0.25) is 11.8 Å². The third kappa shape index (κ3) is 9.39. The van der Waals surface area contributed by atoms with Gasteiger partial charge in [-0.15, -0.1) is 0 Å². The Morgan fingerprint density at radius 3 is 2.61 bits per heavy atom. The molecule has 0 aliphatic heterocycles. The summed E-state index contributed by atoms with van der Waals surface area (Å²) in [6, 6.07) is 2.47. The molecule has 2 aliphatic rings. The van der Waals surface area contributed by atoms with Crippen molar-refractivity contribution in [3.05, 3.63) is 32.9 Å². The highest BCUT2D eigenvalue weighted by atomic mass is 127. The van der Waals surface area contributed by atoms with Crippen LogP contribution in [-0.2, 0) is 14.3 Å². The van der Waals surface area contributed by atoms with Gasteiger partial charge in [0, 0.05) is 43.7 Å². The summed E-state index contributed by atoms with van der Waals surface area (Å²) in [6.45, 7) is 4.60. The molecule has 0 aromatic heterocycles. The SMILES string of the molecule is COc1cc(C=O)cc(I)c1O[C@H]1C=C(C(=O)NCCO)C[C@@H](N(CCCOC(C)C)C(=O)CC2CCCC2)[C@@H]1O. The number of carbonyl (C=O) groups excluding carboxylic acids is 3. The van der Waals surface area contributed by atoms with Crippen LogP contribution in [0.25, 0.3) is 0 Å². The van der Waals surface area contributed by atoms with E-state index in [1.807, 2.05) is 36.4 Å². The Balaban J connectivity index is 1.94. The number of amides is 2. The van der Waals surface area contributed by atoms with Crippen molar-refractivity contribution in [3.63, 3.8) is 0 Å². The zero-order chi connectivity index (χ0) is 29.9. The second kappa shape index (κ2) is 16.4. The lowest BCUT2D eigenvalue weighted by Gasteiger charge is -2.41. The summed E-state index contributed by atoms with van der Waals surface area (Å²) in [7, 11) is 1.46. The van der Waals surface area contributed by atoms with Gasteiger partial charge >= 0.3 is 0 Å². The van der Waals surface area contributed by atoms with Crippen molar-refractivity contribution >= 4 is 40.7 Å². The number of ether oxygens (including phenoxy) is 3. The molecule has 1 aromatic carbocycles. The molecule has 2 amide bonds. The van der Waals surface area contributed by atoms with E-state index in [2.05, 4.69) is 5.32 Å². The molecule has 0 unspecified atom stereocenters. The number of nitrogens with zero attached hydrogens (tertiary/aromatic N) is 1. The second-order valence-electron chi connectivity index (χ2n) is 10.9. The largest absolute Gasteiger partial charge is 0.493 e. The van der Waals surface area contributed by atoms with Crippen LogP contribution in [0.1, 0.15) is 69.2 Å². The minimum Gasteiger partial charge on any atom is -0.493 e. The maximum atomic E-state index is 13.7. The number of aliphatic hydroxyl groups is 2. The summed E-state index contributed by atoms with van der Waals surface area (Å²) in [4.78, 5) is 39.9. The number of nitrogens with one attached hydrogen (secondary N) is 1. The zero-order valence-electron chi connectivity index (χ0n) is 24.1. The lowest BCUT2D eigenvalue weighted by atomic mass is 9.87. The Bertz CT molecular complexity index is 1070. The van der Waals surface area contributed by atoms with E-state index in [1.54, 1.807) is 23.1 Å². The van der Waals surface area contributed by atoms with Gasteiger partial charge in [-0.2, -0.15) is 0 Å². The first-order chi connectivity index (χ1) is 19.7. The normalized spacial score (nSPS) is 21.0. The number of methoxy groups -OCH3 is 1. The molecule has 0 saturated heterocycles. The van der Waals surface area contributed by atoms with Crippen LogP contribution in [0.5, 0.6) is 11.5 Å². The highest BCUT2D eigenvalue weighted by Gasteiger charge is 2.41. The fraction of sp³-hybridized carbons (Fsp3) is 0.633. The third-order valence-corrected chi connectivity index (χ3v) is 8.31. The maximum absolute atomic E-state index is 13.7. The van der Waals surface area contributed by atoms with E-state index in [1.165, 1.54) is 7.11 Å². The van der Waals surface area contributed by atoms with E-state index in [0.717, 1.165) is 25.7 Å². The molecule has 10 nitrogen and oxygen atoms in total. The predicted molar refractivity (Wildman–Crippen MR) is 162 cm³/mol. The zero-order valence-corrected chi connectivity index (χ0v) is 26.3. The number of benzene rings is 1. The van der Waals surface area contributed by atoms with Gasteiger partial charge in [-0.05, 0) is 79.8 Å². The summed E-state index contributed by atoms with van der Waals surface area (Å²) in [6.07, 6.45) is 5.58. The standard InChI is InChI=1S/C30H43IN2O8/c1-19(2)40-12-6-10-33(27(36)15-20-7-4-5-8-20)24-16-22(30(38)32-9-11-34)17-25(28(24)37)41-29-23(31)13-21(18-35)14-26(29)39-3/h13-14,17-20,24-25,28,34,37H,4-12,15-16H2,1-3H3,(H,32,38)/t24-,25+,28+/m1/s1. The summed E-state index contributed by atoms with van der Waals surface area (Å²) in [5.74, 6) is 0.504. The number of aldehydes is 1. The van der Waals surface area contributed by atoms with E-state index < -0.39 is 24.2 Å². The molecule has 0 heterocycles. The van der Waals surface area contributed by atoms with Crippen LogP contribution < -0.4 is 14.8 Å². The first-order valence-electron chi connectivity index (χ1n) is 14.4. The van der Waals surface area contributed by atoms with Crippen molar-refractivity contribution in [2.24, 2.45) is 5.92 Å². The van der Waals surface area contributed by atoms with Gasteiger partial charge in [0.1, 0.15) is 18.5 Å². The molecule has 3 atom stereocenters. The van der Waals surface area contributed by atoms with E-state index in [9.17, 15) is 24.6 Å². The molecule has 1 fully saturated rings. The third-order valence-electron chi connectivity index (χ3n) is 7.51. The van der Waals surface area contributed by atoms with E-state index >= 15 is 0 Å². The average Bonchev–Trinajstić information content (AvgIpc) is 3.46. The van der Waals surface area contributed by atoms with E-state index in [-0.39, 0.29) is 31.6 Å². The van der Waals surface area contributed by atoms with Gasteiger partial charge in [0.15, 0.2) is 11.5 Å². The second-order valence-corrected chi connectivity index (χ2v) is 12.0. The van der Waals surface area contributed by atoms with Gasteiger partial charge in [0.25, 0.3) is 0 Å². The lowest BCUT2D eigenvalue weighted by molar-refractivity contribution is -0.140. The first kappa shape index (κ1) is 33.3. The minimum absolute atomic E-state index is 0.0521. The summed E-state index contributed by atoms with van der Waals surface area (Å²) < 4.78 is 18.1. The quantitative estimate of drug-likeness (QED) is 0.146. The van der Waals surface area contributed by atoms with Crippen molar-refractivity contribution in [1.82, 2.24) is 10.2 Å². The molecule has 11 heteroatoms. The highest BCUT2D eigenvalue weighted by molar-refractivity contribution is 14.1. The van der Waals surface area contributed by atoms with Crippen molar-refractivity contribution < 1.29 is 38.8 Å². The summed E-state index contributed by atoms with van der Waals surface area (Å²) in [5, 5.41) is 23.6. The predicted octanol–water partition coefficient (Wildman–Crippen LogP) is 3.25. The fourth-order valence-corrected chi connectivity index (χ4v) is 6.20. The molecule has 0 spiro atoms. The van der Waals surface area contributed by atoms with Gasteiger partial charge in [-0.1, -0.05) is 12.8 Å². The van der Waals surface area contributed by atoms with Crippen LogP contribution in [-0.4, -0.2) is 91.0 Å². The molecule has 41 heavy (non-hydrogen) atoms. The molecule has 228 valence electrons. The molecular weight excluding hydrogens is 643 g/mol. The molecule has 3 N–H and O–H groups in total. The summed E-state index contributed by atoms with van der Waals surface area (Å²) in [5.41, 5.74) is 0.766. The van der Waals surface area contributed by atoms with E-state index in [4.69, 9.17) is 14.2 Å². The average molecular weight is 687 g/mol. The van der Waals surface area contributed by atoms with E-state index in [0.29, 0.717) is 64.4 Å². The minimum atomic E-state index is -1.14. The van der Waals surface area contributed by atoms with Crippen LogP contribution >= 0.6 is 22.6 Å². The Hall–Kier alpha value is -2.22. The highest BCUT2D eigenvalue weighted by Crippen LogP contribution is 2.37. The topological polar surface area (TPSA) is 135 Å². The molecule has 3 rings (SSSR count). The Morgan fingerprint density at radius 2 is 1.98 bits per heavy atom. The van der Waals surface area contributed by atoms with Crippen molar-refractivity contribution in [3.8, 4) is 11.5 Å². The molecule has 0 bridgehead atoms. The smallest absolute Gasteiger partial charge is 0.247 e. The van der Waals surface area contributed by atoms with Gasteiger partial charge in [-0.25, -0.2) is 0 Å². The van der Waals surface area contributed by atoms with Crippen molar-refractivity contribution in [1.29, 1.82) is 0 Å². The molecular formula is C30H43IN2O8. The lowest BCUT2D eigenvalue weighted by Crippen LogP contribution is -2.55. The van der Waals surface area contributed by atoms with Gasteiger partial charge in [-0.3, -0.25) is 14.4 Å². The number of hydrogen-bond acceptors (Lipinski definition) is 8. The van der Waals surface area contributed by atoms with Crippen LogP contribution in [0, 0.1) is 9.49 Å². The van der Waals surface area contributed by atoms with Crippen LogP contribution in [0.4, 0.5) is 0 Å².